The van der Waals surface area contributed by atoms with Crippen molar-refractivity contribution in [3.8, 4) is 0 Å². The Hall–Kier alpha value is -2.27. The van der Waals surface area contributed by atoms with Crippen LogP contribution in [0, 0.1) is 11.6 Å². The van der Waals surface area contributed by atoms with Gasteiger partial charge in [-0.2, -0.15) is 0 Å². The van der Waals surface area contributed by atoms with Gasteiger partial charge in [0.05, 0.1) is 0 Å². The van der Waals surface area contributed by atoms with Gasteiger partial charge >= 0.3 is 5.97 Å². The number of aliphatic carboxylic acids is 1. The summed E-state index contributed by atoms with van der Waals surface area (Å²) in [6, 6.07) is 10.8. The smallest absolute Gasteiger partial charge is 0.321 e. The number of hydrogen-bond donors (Lipinski definition) is 2. The molecular formula is C16H15F2NO2. The Balaban J connectivity index is 1.97. The van der Waals surface area contributed by atoms with Crippen LogP contribution in [-0.2, 0) is 17.8 Å². The Kier molecular flexibility index (Phi) is 5.00. The van der Waals surface area contributed by atoms with Crippen LogP contribution in [0.15, 0.2) is 48.5 Å². The van der Waals surface area contributed by atoms with Crippen molar-refractivity contribution in [3.05, 3.63) is 71.3 Å². The van der Waals surface area contributed by atoms with E-state index in [0.717, 1.165) is 11.1 Å². The van der Waals surface area contributed by atoms with Gasteiger partial charge < -0.3 is 10.4 Å². The molecule has 0 aliphatic carbocycles. The standard InChI is InChI=1S/C16H15F2NO2/c17-13-5-1-11(2-6-13)9-15(16(20)21)19-10-12-3-7-14(18)8-4-12/h1-8,15,19H,9-10H2,(H,20,21)/t15-/m0/s1. The highest BCUT2D eigenvalue weighted by molar-refractivity contribution is 5.73. The van der Waals surface area contributed by atoms with Crippen molar-refractivity contribution < 1.29 is 18.7 Å². The molecule has 0 unspecified atom stereocenters. The number of carboxylic acids is 1. The number of hydrogen-bond acceptors (Lipinski definition) is 2. The normalized spacial score (nSPS) is 12.1. The first kappa shape index (κ1) is 15.1. The van der Waals surface area contributed by atoms with Crippen LogP contribution in [0.5, 0.6) is 0 Å². The molecule has 2 aromatic rings. The lowest BCUT2D eigenvalue weighted by Gasteiger charge is -2.14. The predicted molar refractivity (Wildman–Crippen MR) is 74.8 cm³/mol. The van der Waals surface area contributed by atoms with Gasteiger partial charge in [0.25, 0.3) is 0 Å². The van der Waals surface area contributed by atoms with Crippen molar-refractivity contribution in [1.29, 1.82) is 0 Å². The lowest BCUT2D eigenvalue weighted by molar-refractivity contribution is -0.139. The van der Waals surface area contributed by atoms with E-state index in [9.17, 15) is 18.7 Å². The summed E-state index contributed by atoms with van der Waals surface area (Å²) in [5.74, 6) is -1.67. The highest BCUT2D eigenvalue weighted by Gasteiger charge is 2.17. The summed E-state index contributed by atoms with van der Waals surface area (Å²) in [7, 11) is 0. The molecule has 5 heteroatoms. The van der Waals surface area contributed by atoms with Crippen LogP contribution in [0.25, 0.3) is 0 Å². The van der Waals surface area contributed by atoms with E-state index < -0.39 is 12.0 Å². The number of rotatable bonds is 6. The van der Waals surface area contributed by atoms with E-state index in [0.29, 0.717) is 6.54 Å². The minimum Gasteiger partial charge on any atom is -0.480 e. The number of carboxylic acid groups (broad SMARTS) is 1. The third kappa shape index (κ3) is 4.65. The van der Waals surface area contributed by atoms with E-state index in [1.807, 2.05) is 0 Å². The second kappa shape index (κ2) is 6.95. The van der Waals surface area contributed by atoms with Gasteiger partial charge in [-0.1, -0.05) is 24.3 Å². The van der Waals surface area contributed by atoms with E-state index in [-0.39, 0.29) is 18.1 Å². The highest BCUT2D eigenvalue weighted by Crippen LogP contribution is 2.08. The highest BCUT2D eigenvalue weighted by atomic mass is 19.1. The van der Waals surface area contributed by atoms with Gasteiger partial charge in [0.15, 0.2) is 0 Å². The van der Waals surface area contributed by atoms with Crippen molar-refractivity contribution in [2.45, 2.75) is 19.0 Å². The molecule has 2 N–H and O–H groups in total. The molecule has 0 aliphatic rings. The van der Waals surface area contributed by atoms with Crippen LogP contribution in [-0.4, -0.2) is 17.1 Å². The summed E-state index contributed by atoms with van der Waals surface area (Å²) in [6.07, 6.45) is 0.247. The van der Waals surface area contributed by atoms with E-state index >= 15 is 0 Å². The average Bonchev–Trinajstić information content (AvgIpc) is 2.47. The number of carbonyl (C=O) groups is 1. The molecule has 2 aromatic carbocycles. The minimum absolute atomic E-state index is 0.247. The van der Waals surface area contributed by atoms with Crippen LogP contribution in [0.2, 0.25) is 0 Å². The first-order valence-corrected chi connectivity index (χ1v) is 6.49. The van der Waals surface area contributed by atoms with Crippen LogP contribution < -0.4 is 5.32 Å². The van der Waals surface area contributed by atoms with Gasteiger partial charge in [0, 0.05) is 6.54 Å². The van der Waals surface area contributed by atoms with Gasteiger partial charge in [0.2, 0.25) is 0 Å². The number of halogens is 2. The number of nitrogens with one attached hydrogen (secondary N) is 1. The number of benzene rings is 2. The van der Waals surface area contributed by atoms with Gasteiger partial charge in [-0.3, -0.25) is 4.79 Å². The van der Waals surface area contributed by atoms with E-state index in [1.54, 1.807) is 24.3 Å². The molecule has 0 aromatic heterocycles. The summed E-state index contributed by atoms with van der Waals surface area (Å²) in [5, 5.41) is 12.1. The Bertz CT molecular complexity index is 597. The lowest BCUT2D eigenvalue weighted by atomic mass is 10.1. The maximum Gasteiger partial charge on any atom is 0.321 e. The summed E-state index contributed by atoms with van der Waals surface area (Å²) in [6.45, 7) is 0.318. The maximum atomic E-state index is 12.8. The molecule has 0 saturated carbocycles. The molecule has 21 heavy (non-hydrogen) atoms. The van der Waals surface area contributed by atoms with Crippen molar-refractivity contribution in [2.75, 3.05) is 0 Å². The molecule has 110 valence electrons. The lowest BCUT2D eigenvalue weighted by Crippen LogP contribution is -2.38. The second-order valence-electron chi connectivity index (χ2n) is 4.73. The molecular weight excluding hydrogens is 276 g/mol. The molecule has 0 amide bonds. The van der Waals surface area contributed by atoms with Crippen molar-refractivity contribution in [3.63, 3.8) is 0 Å². The van der Waals surface area contributed by atoms with Gasteiger partial charge in [-0.25, -0.2) is 8.78 Å². The van der Waals surface area contributed by atoms with E-state index in [1.165, 1.54) is 24.3 Å². The molecule has 2 rings (SSSR count). The van der Waals surface area contributed by atoms with Crippen LogP contribution >= 0.6 is 0 Å². The van der Waals surface area contributed by atoms with Gasteiger partial charge in [-0.15, -0.1) is 0 Å². The predicted octanol–water partition coefficient (Wildman–Crippen LogP) is 2.75. The third-order valence-corrected chi connectivity index (χ3v) is 3.12. The Labute approximate surface area is 121 Å². The molecule has 0 heterocycles. The Morgan fingerprint density at radius 2 is 1.43 bits per heavy atom. The third-order valence-electron chi connectivity index (χ3n) is 3.12. The zero-order chi connectivity index (χ0) is 15.2. The summed E-state index contributed by atoms with van der Waals surface area (Å²) >= 11 is 0. The fourth-order valence-corrected chi connectivity index (χ4v) is 1.95. The quantitative estimate of drug-likeness (QED) is 0.860. The first-order valence-electron chi connectivity index (χ1n) is 6.49. The van der Waals surface area contributed by atoms with Crippen LogP contribution in [0.3, 0.4) is 0 Å². The van der Waals surface area contributed by atoms with Crippen molar-refractivity contribution >= 4 is 5.97 Å². The molecule has 0 fully saturated rings. The SMILES string of the molecule is O=C(O)[C@H](Cc1ccc(F)cc1)NCc1ccc(F)cc1. The zero-order valence-electron chi connectivity index (χ0n) is 11.2. The van der Waals surface area contributed by atoms with Crippen LogP contribution in [0.1, 0.15) is 11.1 Å². The Morgan fingerprint density at radius 3 is 1.90 bits per heavy atom. The monoisotopic (exact) mass is 291 g/mol. The molecule has 0 aliphatic heterocycles. The van der Waals surface area contributed by atoms with Crippen molar-refractivity contribution in [1.82, 2.24) is 5.32 Å². The molecule has 0 bridgehead atoms. The maximum absolute atomic E-state index is 12.8. The summed E-state index contributed by atoms with van der Waals surface area (Å²) < 4.78 is 25.6. The second-order valence-corrected chi connectivity index (χ2v) is 4.73. The summed E-state index contributed by atoms with van der Waals surface area (Å²) in [4.78, 5) is 11.2. The minimum atomic E-state index is -0.985. The van der Waals surface area contributed by atoms with Crippen molar-refractivity contribution in [2.24, 2.45) is 0 Å². The zero-order valence-corrected chi connectivity index (χ0v) is 11.2. The largest absolute Gasteiger partial charge is 0.480 e. The molecule has 1 atom stereocenters. The fourth-order valence-electron chi connectivity index (χ4n) is 1.95. The molecule has 0 radical (unpaired) electrons. The average molecular weight is 291 g/mol. The Morgan fingerprint density at radius 1 is 0.952 bits per heavy atom. The first-order chi connectivity index (χ1) is 10.0. The fraction of sp³-hybridized carbons (Fsp3) is 0.188. The van der Waals surface area contributed by atoms with E-state index in [2.05, 4.69) is 5.32 Å². The molecule has 0 spiro atoms. The van der Waals surface area contributed by atoms with Crippen LogP contribution in [0.4, 0.5) is 8.78 Å². The van der Waals surface area contributed by atoms with Gasteiger partial charge in [-0.05, 0) is 41.8 Å². The molecule has 3 nitrogen and oxygen atoms in total. The van der Waals surface area contributed by atoms with E-state index in [4.69, 9.17) is 0 Å². The summed E-state index contributed by atoms with van der Waals surface area (Å²) in [5.41, 5.74) is 1.53. The molecule has 0 saturated heterocycles. The topological polar surface area (TPSA) is 49.3 Å². The van der Waals surface area contributed by atoms with Gasteiger partial charge in [0.1, 0.15) is 17.7 Å².